The number of nitro groups is 1. The minimum Gasteiger partial charge on any atom is -0.368 e. The molecule has 0 bridgehead atoms. The van der Waals surface area contributed by atoms with Gasteiger partial charge in [-0.2, -0.15) is 5.26 Å². The van der Waals surface area contributed by atoms with Crippen molar-refractivity contribution < 1.29 is 4.92 Å². The SMILES string of the molecule is CN(CCNc1ncc([N+](=O)[O-])cc1C#N)C1CCCC1. The van der Waals surface area contributed by atoms with E-state index in [1.165, 1.54) is 37.9 Å². The number of hydrogen-bond donors (Lipinski definition) is 1. The molecule has 7 nitrogen and oxygen atoms in total. The van der Waals surface area contributed by atoms with Crippen LogP contribution in [0.15, 0.2) is 12.3 Å². The summed E-state index contributed by atoms with van der Waals surface area (Å²) in [6.07, 6.45) is 6.26. The van der Waals surface area contributed by atoms with Crippen LogP contribution in [0.1, 0.15) is 31.2 Å². The number of nitriles is 1. The molecule has 1 aromatic heterocycles. The van der Waals surface area contributed by atoms with E-state index in [9.17, 15) is 10.1 Å². The van der Waals surface area contributed by atoms with Crippen molar-refractivity contribution in [3.05, 3.63) is 27.9 Å². The summed E-state index contributed by atoms with van der Waals surface area (Å²) < 4.78 is 0. The van der Waals surface area contributed by atoms with E-state index in [0.29, 0.717) is 18.4 Å². The highest BCUT2D eigenvalue weighted by atomic mass is 16.6. The minimum absolute atomic E-state index is 0.167. The zero-order chi connectivity index (χ0) is 15.2. The first-order valence-corrected chi connectivity index (χ1v) is 7.10. The first kappa shape index (κ1) is 15.2. The summed E-state index contributed by atoms with van der Waals surface area (Å²) >= 11 is 0. The molecular weight excluding hydrogens is 270 g/mol. The maximum atomic E-state index is 10.7. The van der Waals surface area contributed by atoms with Gasteiger partial charge in [0.15, 0.2) is 0 Å². The topological polar surface area (TPSA) is 95.1 Å². The van der Waals surface area contributed by atoms with E-state index in [1.54, 1.807) is 0 Å². The number of aromatic nitrogens is 1. The third-order valence-electron chi connectivity index (χ3n) is 3.91. The average Bonchev–Trinajstić information content (AvgIpc) is 3.01. The Bertz CT molecular complexity index is 549. The van der Waals surface area contributed by atoms with Crippen LogP contribution in [0.3, 0.4) is 0 Å². The molecule has 1 N–H and O–H groups in total. The van der Waals surface area contributed by atoms with Crippen molar-refractivity contribution in [2.75, 3.05) is 25.5 Å². The molecule has 1 aromatic rings. The van der Waals surface area contributed by atoms with Gasteiger partial charge in [-0.25, -0.2) is 4.98 Å². The molecule has 1 heterocycles. The number of anilines is 1. The quantitative estimate of drug-likeness (QED) is 0.637. The van der Waals surface area contributed by atoms with Crippen LogP contribution in [-0.4, -0.2) is 41.0 Å². The Kier molecular flexibility index (Phi) is 5.06. The second kappa shape index (κ2) is 6.99. The van der Waals surface area contributed by atoms with Crippen molar-refractivity contribution in [2.45, 2.75) is 31.7 Å². The Hall–Kier alpha value is -2.20. The van der Waals surface area contributed by atoms with E-state index in [1.807, 2.05) is 6.07 Å². The largest absolute Gasteiger partial charge is 0.368 e. The normalized spacial score (nSPS) is 15.1. The van der Waals surface area contributed by atoms with Crippen molar-refractivity contribution >= 4 is 11.5 Å². The van der Waals surface area contributed by atoms with Crippen LogP contribution in [-0.2, 0) is 0 Å². The molecular formula is C14H19N5O2. The van der Waals surface area contributed by atoms with Gasteiger partial charge in [0.05, 0.1) is 4.92 Å². The number of rotatable bonds is 6. The third-order valence-corrected chi connectivity index (χ3v) is 3.91. The number of nitrogens with zero attached hydrogens (tertiary/aromatic N) is 4. The summed E-state index contributed by atoms with van der Waals surface area (Å²) in [4.78, 5) is 16.4. The molecule has 0 spiro atoms. The fourth-order valence-corrected chi connectivity index (χ4v) is 2.66. The fourth-order valence-electron chi connectivity index (χ4n) is 2.66. The van der Waals surface area contributed by atoms with E-state index >= 15 is 0 Å². The summed E-state index contributed by atoms with van der Waals surface area (Å²) in [6.45, 7) is 1.51. The number of nitrogens with one attached hydrogen (secondary N) is 1. The Morgan fingerprint density at radius 3 is 2.90 bits per heavy atom. The van der Waals surface area contributed by atoms with Gasteiger partial charge in [0, 0.05) is 25.2 Å². The van der Waals surface area contributed by atoms with Gasteiger partial charge in [-0.3, -0.25) is 10.1 Å². The molecule has 0 radical (unpaired) electrons. The van der Waals surface area contributed by atoms with E-state index in [0.717, 1.165) is 6.54 Å². The van der Waals surface area contributed by atoms with Gasteiger partial charge in [0.25, 0.3) is 5.69 Å². The van der Waals surface area contributed by atoms with E-state index < -0.39 is 4.92 Å². The van der Waals surface area contributed by atoms with Gasteiger partial charge in [0.1, 0.15) is 23.6 Å². The minimum atomic E-state index is -0.550. The summed E-state index contributed by atoms with van der Waals surface area (Å²) in [6, 6.07) is 3.83. The maximum Gasteiger partial charge on any atom is 0.289 e. The number of pyridine rings is 1. The van der Waals surface area contributed by atoms with Crippen molar-refractivity contribution in [1.29, 1.82) is 5.26 Å². The zero-order valence-electron chi connectivity index (χ0n) is 12.1. The van der Waals surface area contributed by atoms with Gasteiger partial charge in [-0.15, -0.1) is 0 Å². The number of hydrogen-bond acceptors (Lipinski definition) is 6. The molecule has 0 amide bonds. The average molecular weight is 289 g/mol. The van der Waals surface area contributed by atoms with Crippen LogP contribution in [0.5, 0.6) is 0 Å². The molecule has 1 aliphatic rings. The number of likely N-dealkylation sites (N-methyl/N-ethyl adjacent to an activating group) is 1. The highest BCUT2D eigenvalue weighted by Crippen LogP contribution is 2.22. The molecule has 112 valence electrons. The summed E-state index contributed by atoms with van der Waals surface area (Å²) in [7, 11) is 2.10. The highest BCUT2D eigenvalue weighted by molar-refractivity contribution is 5.55. The highest BCUT2D eigenvalue weighted by Gasteiger charge is 2.19. The summed E-state index contributed by atoms with van der Waals surface area (Å²) in [5.41, 5.74) is 0.0351. The third kappa shape index (κ3) is 3.89. The van der Waals surface area contributed by atoms with Gasteiger partial charge < -0.3 is 10.2 Å². The first-order valence-electron chi connectivity index (χ1n) is 7.10. The monoisotopic (exact) mass is 289 g/mol. The molecule has 0 aliphatic heterocycles. The van der Waals surface area contributed by atoms with Crippen LogP contribution in [0.25, 0.3) is 0 Å². The second-order valence-corrected chi connectivity index (χ2v) is 5.30. The van der Waals surface area contributed by atoms with E-state index in [2.05, 4.69) is 22.2 Å². The molecule has 0 saturated heterocycles. The van der Waals surface area contributed by atoms with Gasteiger partial charge in [-0.1, -0.05) is 12.8 Å². The first-order chi connectivity index (χ1) is 10.1. The summed E-state index contributed by atoms with van der Waals surface area (Å²) in [5, 5.41) is 22.8. The second-order valence-electron chi connectivity index (χ2n) is 5.30. The summed E-state index contributed by atoms with van der Waals surface area (Å²) in [5.74, 6) is 0.405. The van der Waals surface area contributed by atoms with Crippen LogP contribution in [0.4, 0.5) is 11.5 Å². The Morgan fingerprint density at radius 1 is 1.57 bits per heavy atom. The van der Waals surface area contributed by atoms with Crippen molar-refractivity contribution in [3.63, 3.8) is 0 Å². The van der Waals surface area contributed by atoms with Crippen LogP contribution in [0, 0.1) is 21.4 Å². The molecule has 2 rings (SSSR count). The van der Waals surface area contributed by atoms with E-state index in [4.69, 9.17) is 5.26 Å². The standard InChI is InChI=1S/C14H19N5O2/c1-18(12-4-2-3-5-12)7-6-16-14-11(9-15)8-13(10-17-14)19(20)21/h8,10,12H,2-7H2,1H3,(H,16,17). The predicted octanol–water partition coefficient (Wildman–Crippen LogP) is 2.15. The van der Waals surface area contributed by atoms with Crippen molar-refractivity contribution in [3.8, 4) is 6.07 Å². The molecule has 1 fully saturated rings. The Labute approximate surface area is 123 Å². The zero-order valence-corrected chi connectivity index (χ0v) is 12.1. The van der Waals surface area contributed by atoms with Gasteiger partial charge >= 0.3 is 0 Å². The lowest BCUT2D eigenvalue weighted by Gasteiger charge is -2.24. The molecule has 0 unspecified atom stereocenters. The van der Waals surface area contributed by atoms with Gasteiger partial charge in [-0.05, 0) is 19.9 Å². The fraction of sp³-hybridized carbons (Fsp3) is 0.571. The molecule has 7 heteroatoms. The maximum absolute atomic E-state index is 10.7. The lowest BCUT2D eigenvalue weighted by atomic mass is 10.2. The lowest BCUT2D eigenvalue weighted by Crippen LogP contribution is -2.33. The van der Waals surface area contributed by atoms with Gasteiger partial charge in [0.2, 0.25) is 0 Å². The molecule has 1 aliphatic carbocycles. The molecule has 0 atom stereocenters. The van der Waals surface area contributed by atoms with Crippen LogP contribution in [0.2, 0.25) is 0 Å². The molecule has 0 aromatic carbocycles. The van der Waals surface area contributed by atoms with E-state index in [-0.39, 0.29) is 11.3 Å². The predicted molar refractivity (Wildman–Crippen MR) is 79.0 cm³/mol. The van der Waals surface area contributed by atoms with Crippen LogP contribution < -0.4 is 5.32 Å². The molecule has 1 saturated carbocycles. The van der Waals surface area contributed by atoms with Crippen molar-refractivity contribution in [2.24, 2.45) is 0 Å². The van der Waals surface area contributed by atoms with Crippen LogP contribution >= 0.6 is 0 Å². The smallest absolute Gasteiger partial charge is 0.289 e. The Balaban J connectivity index is 1.90. The lowest BCUT2D eigenvalue weighted by molar-refractivity contribution is -0.385. The van der Waals surface area contributed by atoms with Crippen molar-refractivity contribution in [1.82, 2.24) is 9.88 Å². The molecule has 21 heavy (non-hydrogen) atoms. The Morgan fingerprint density at radius 2 is 2.29 bits per heavy atom.